The van der Waals surface area contributed by atoms with Crippen LogP contribution in [0.15, 0.2) is 47.0 Å². The zero-order valence-corrected chi connectivity index (χ0v) is 18.3. The molecule has 0 spiro atoms. The minimum Gasteiger partial charge on any atom is -0.493 e. The molecule has 1 unspecified atom stereocenters. The number of amides is 1. The molecule has 1 atom stereocenters. The predicted octanol–water partition coefficient (Wildman–Crippen LogP) is 3.59. The summed E-state index contributed by atoms with van der Waals surface area (Å²) in [7, 11) is 0. The Bertz CT molecular complexity index is 1170. The summed E-state index contributed by atoms with van der Waals surface area (Å²) < 4.78 is 17.8. The van der Waals surface area contributed by atoms with Crippen molar-refractivity contribution in [1.29, 1.82) is 0 Å². The maximum Gasteiger partial charge on any atom is 0.331 e. The van der Waals surface area contributed by atoms with Crippen LogP contribution < -0.4 is 10.1 Å². The van der Waals surface area contributed by atoms with Gasteiger partial charge in [0.2, 0.25) is 0 Å². The maximum absolute atomic E-state index is 12.3. The molecule has 2 aromatic heterocycles. The molecule has 32 heavy (non-hydrogen) atoms. The van der Waals surface area contributed by atoms with Crippen LogP contribution in [0.3, 0.4) is 0 Å². The monoisotopic (exact) mass is 435 g/mol. The van der Waals surface area contributed by atoms with Crippen molar-refractivity contribution in [3.05, 3.63) is 70.7 Å². The summed E-state index contributed by atoms with van der Waals surface area (Å²) in [6, 6.07) is 11.2. The Morgan fingerprint density at radius 3 is 2.84 bits per heavy atom. The van der Waals surface area contributed by atoms with E-state index in [0.717, 1.165) is 34.0 Å². The van der Waals surface area contributed by atoms with Crippen LogP contribution in [0, 0.1) is 20.8 Å². The molecule has 1 N–H and O–H groups in total. The Labute approximate surface area is 185 Å². The lowest BCUT2D eigenvalue weighted by Crippen LogP contribution is -2.34. The molecule has 0 saturated carbocycles. The molecule has 166 valence electrons. The number of hydrogen-bond acceptors (Lipinski definition) is 6. The van der Waals surface area contributed by atoms with Crippen LogP contribution in [0.2, 0.25) is 0 Å². The molecule has 1 aromatic carbocycles. The summed E-state index contributed by atoms with van der Waals surface area (Å²) in [5, 5.41) is 6.95. The van der Waals surface area contributed by atoms with Crippen molar-refractivity contribution in [2.24, 2.45) is 0 Å². The first-order valence-electron chi connectivity index (χ1n) is 10.4. The molecular weight excluding hydrogens is 410 g/mol. The Morgan fingerprint density at radius 2 is 2.06 bits per heavy atom. The third-order valence-electron chi connectivity index (χ3n) is 5.35. The predicted molar refractivity (Wildman–Crippen MR) is 117 cm³/mol. The molecule has 1 amide bonds. The largest absolute Gasteiger partial charge is 0.493 e. The van der Waals surface area contributed by atoms with Gasteiger partial charge in [0.1, 0.15) is 11.5 Å². The van der Waals surface area contributed by atoms with Gasteiger partial charge in [-0.3, -0.25) is 9.36 Å². The van der Waals surface area contributed by atoms with E-state index in [9.17, 15) is 9.59 Å². The zero-order valence-electron chi connectivity index (χ0n) is 18.3. The Balaban J connectivity index is 1.33. The van der Waals surface area contributed by atoms with Gasteiger partial charge in [-0.25, -0.2) is 4.79 Å². The molecule has 8 heteroatoms. The van der Waals surface area contributed by atoms with E-state index in [0.29, 0.717) is 18.8 Å². The fourth-order valence-electron chi connectivity index (χ4n) is 3.84. The van der Waals surface area contributed by atoms with Crippen LogP contribution in [-0.4, -0.2) is 34.8 Å². The Morgan fingerprint density at radius 1 is 1.25 bits per heavy atom. The minimum atomic E-state index is -0.588. The smallest absolute Gasteiger partial charge is 0.331 e. The molecule has 0 fully saturated rings. The van der Waals surface area contributed by atoms with Crippen molar-refractivity contribution in [1.82, 2.24) is 15.0 Å². The topological polar surface area (TPSA) is 95.6 Å². The minimum absolute atomic E-state index is 0.160. The SMILES string of the molecule is Cc1cc(-n2c(C)cc(/C=C/C(=O)OCC(=O)NC3CCOc4ccccc43)c2C)no1. The van der Waals surface area contributed by atoms with E-state index in [4.69, 9.17) is 14.0 Å². The normalized spacial score (nSPS) is 15.3. The van der Waals surface area contributed by atoms with Gasteiger partial charge in [-0.15, -0.1) is 0 Å². The average molecular weight is 435 g/mol. The molecule has 4 rings (SSSR count). The van der Waals surface area contributed by atoms with Gasteiger partial charge >= 0.3 is 5.97 Å². The molecule has 0 bridgehead atoms. The third kappa shape index (κ3) is 4.59. The number of benzene rings is 1. The summed E-state index contributed by atoms with van der Waals surface area (Å²) >= 11 is 0. The summed E-state index contributed by atoms with van der Waals surface area (Å²) in [6.45, 7) is 5.89. The van der Waals surface area contributed by atoms with Gasteiger partial charge in [0.05, 0.1) is 12.6 Å². The highest BCUT2D eigenvalue weighted by Crippen LogP contribution is 2.31. The van der Waals surface area contributed by atoms with Gasteiger partial charge in [-0.2, -0.15) is 0 Å². The van der Waals surface area contributed by atoms with Gasteiger partial charge in [0.25, 0.3) is 5.91 Å². The number of nitrogens with zero attached hydrogens (tertiary/aromatic N) is 2. The number of hydrogen-bond donors (Lipinski definition) is 1. The van der Waals surface area contributed by atoms with E-state index < -0.39 is 5.97 Å². The van der Waals surface area contributed by atoms with Crippen molar-refractivity contribution in [2.45, 2.75) is 33.2 Å². The fourth-order valence-corrected chi connectivity index (χ4v) is 3.84. The van der Waals surface area contributed by atoms with Gasteiger partial charge < -0.3 is 19.3 Å². The highest BCUT2D eigenvalue weighted by atomic mass is 16.5. The van der Waals surface area contributed by atoms with Gasteiger partial charge in [-0.05, 0) is 44.5 Å². The van der Waals surface area contributed by atoms with E-state index in [2.05, 4.69) is 10.5 Å². The Hall–Kier alpha value is -3.81. The molecule has 8 nitrogen and oxygen atoms in total. The number of fused-ring (bicyclic) bond motifs is 1. The summed E-state index contributed by atoms with van der Waals surface area (Å²) in [6.07, 6.45) is 3.65. The highest BCUT2D eigenvalue weighted by molar-refractivity contribution is 5.89. The molecule has 3 heterocycles. The van der Waals surface area contributed by atoms with Gasteiger partial charge in [0.15, 0.2) is 12.4 Å². The van der Waals surface area contributed by atoms with Crippen LogP contribution >= 0.6 is 0 Å². The first-order valence-corrected chi connectivity index (χ1v) is 10.4. The second-order valence-electron chi connectivity index (χ2n) is 7.69. The van der Waals surface area contributed by atoms with Crippen LogP contribution in [0.5, 0.6) is 5.75 Å². The van der Waals surface area contributed by atoms with Crippen LogP contribution in [0.4, 0.5) is 0 Å². The average Bonchev–Trinajstić information content (AvgIpc) is 3.32. The summed E-state index contributed by atoms with van der Waals surface area (Å²) in [5.41, 5.74) is 3.65. The van der Waals surface area contributed by atoms with E-state index >= 15 is 0 Å². The number of aryl methyl sites for hydroxylation is 2. The second kappa shape index (κ2) is 9.13. The van der Waals surface area contributed by atoms with Crippen molar-refractivity contribution in [2.75, 3.05) is 13.2 Å². The first kappa shape index (κ1) is 21.4. The number of esters is 1. The van der Waals surface area contributed by atoms with E-state index in [1.54, 1.807) is 6.08 Å². The van der Waals surface area contributed by atoms with Gasteiger partial charge in [0, 0.05) is 35.5 Å². The van der Waals surface area contributed by atoms with Crippen LogP contribution in [0.1, 0.15) is 40.7 Å². The van der Waals surface area contributed by atoms with E-state index in [1.807, 2.05) is 61.7 Å². The number of carbonyl (C=O) groups excluding carboxylic acids is 2. The van der Waals surface area contributed by atoms with Crippen molar-refractivity contribution >= 4 is 18.0 Å². The lowest BCUT2D eigenvalue weighted by atomic mass is 10.0. The zero-order chi connectivity index (χ0) is 22.7. The molecule has 3 aromatic rings. The lowest BCUT2D eigenvalue weighted by Gasteiger charge is -2.26. The van der Waals surface area contributed by atoms with Crippen molar-refractivity contribution in [3.8, 4) is 11.6 Å². The number of carbonyl (C=O) groups is 2. The maximum atomic E-state index is 12.3. The van der Waals surface area contributed by atoms with Crippen molar-refractivity contribution < 1.29 is 23.6 Å². The summed E-state index contributed by atoms with van der Waals surface area (Å²) in [5.74, 6) is 1.23. The molecule has 0 aliphatic carbocycles. The molecule has 1 aliphatic rings. The number of para-hydroxylation sites is 1. The van der Waals surface area contributed by atoms with Crippen molar-refractivity contribution in [3.63, 3.8) is 0 Å². The molecular formula is C24H25N3O5. The van der Waals surface area contributed by atoms with Crippen LogP contribution in [-0.2, 0) is 14.3 Å². The second-order valence-corrected chi connectivity index (χ2v) is 7.69. The first-order chi connectivity index (χ1) is 15.4. The number of rotatable bonds is 6. The van der Waals surface area contributed by atoms with E-state index in [-0.39, 0.29) is 18.6 Å². The lowest BCUT2D eigenvalue weighted by molar-refractivity contribution is -0.144. The highest BCUT2D eigenvalue weighted by Gasteiger charge is 2.22. The number of ether oxygens (including phenoxy) is 2. The third-order valence-corrected chi connectivity index (χ3v) is 5.35. The van der Waals surface area contributed by atoms with Gasteiger partial charge in [-0.1, -0.05) is 23.4 Å². The summed E-state index contributed by atoms with van der Waals surface area (Å²) in [4.78, 5) is 24.4. The fraction of sp³-hybridized carbons (Fsp3) is 0.292. The standard InChI is InChI=1S/C24H25N3O5/c1-15-12-18(17(3)27(15)22-13-16(2)32-26-22)8-9-24(29)31-14-23(28)25-20-10-11-30-21-7-5-4-6-19(20)21/h4-9,12-13,20H,10-11,14H2,1-3H3,(H,25,28)/b9-8+. The quantitative estimate of drug-likeness (QED) is 0.470. The number of aromatic nitrogens is 2. The molecule has 1 aliphatic heterocycles. The molecule has 0 saturated heterocycles. The van der Waals surface area contributed by atoms with Crippen LogP contribution in [0.25, 0.3) is 11.9 Å². The van der Waals surface area contributed by atoms with E-state index in [1.165, 1.54) is 6.08 Å². The number of nitrogens with one attached hydrogen (secondary N) is 1. The Kier molecular flexibility index (Phi) is 6.11. The molecule has 0 radical (unpaired) electrons.